The number of benzene rings is 2. The van der Waals surface area contributed by atoms with Crippen molar-refractivity contribution < 1.29 is 8.81 Å². The maximum absolute atomic E-state index is 12.8. The molecule has 3 rings (SSSR count). The molecule has 0 spiro atoms. The van der Waals surface area contributed by atoms with Crippen LogP contribution in [-0.2, 0) is 0 Å². The quantitative estimate of drug-likeness (QED) is 0.617. The van der Waals surface area contributed by atoms with E-state index in [0.29, 0.717) is 11.5 Å². The molecule has 16 heavy (non-hydrogen) atoms. The molecule has 2 nitrogen and oxygen atoms in total. The lowest BCUT2D eigenvalue weighted by molar-refractivity contribution is 0.616. The van der Waals surface area contributed by atoms with Crippen LogP contribution in [0.2, 0.25) is 0 Å². The minimum Gasteiger partial charge on any atom is -0.436 e. The Kier molecular flexibility index (Phi) is 1.96. The first-order valence-corrected chi connectivity index (χ1v) is 4.85. The summed E-state index contributed by atoms with van der Waals surface area (Å²) in [4.78, 5) is 4.30. The van der Waals surface area contributed by atoms with Crippen LogP contribution in [0.3, 0.4) is 0 Å². The topological polar surface area (TPSA) is 26.0 Å². The number of fused-ring (bicyclic) bond motifs is 1. The lowest BCUT2D eigenvalue weighted by Gasteiger charge is -1.93. The van der Waals surface area contributed by atoms with E-state index in [9.17, 15) is 4.39 Å². The third-order valence-electron chi connectivity index (χ3n) is 2.32. The second kappa shape index (κ2) is 3.45. The molecule has 77 valence electrons. The maximum Gasteiger partial charge on any atom is 0.227 e. The highest BCUT2D eigenvalue weighted by Crippen LogP contribution is 2.23. The largest absolute Gasteiger partial charge is 0.436 e. The predicted octanol–water partition coefficient (Wildman–Crippen LogP) is 3.43. The Bertz CT molecular complexity index is 595. The average molecular weight is 212 g/mol. The Morgan fingerprint density at radius 1 is 1.12 bits per heavy atom. The molecule has 1 radical (unpaired) electrons. The van der Waals surface area contributed by atoms with E-state index < -0.39 is 0 Å². The van der Waals surface area contributed by atoms with Gasteiger partial charge >= 0.3 is 0 Å². The van der Waals surface area contributed by atoms with Crippen LogP contribution in [0.5, 0.6) is 0 Å². The Balaban J connectivity index is 2.15. The van der Waals surface area contributed by atoms with E-state index in [0.717, 1.165) is 11.1 Å². The van der Waals surface area contributed by atoms with Gasteiger partial charge in [0.25, 0.3) is 0 Å². The summed E-state index contributed by atoms with van der Waals surface area (Å²) in [6, 6.07) is 14.3. The molecule has 2 aromatic carbocycles. The van der Waals surface area contributed by atoms with E-state index in [1.165, 1.54) is 12.1 Å². The lowest BCUT2D eigenvalue weighted by atomic mass is 10.2. The normalized spacial score (nSPS) is 10.8. The molecular formula is C13H7FNO. The third-order valence-corrected chi connectivity index (χ3v) is 2.32. The fourth-order valence-electron chi connectivity index (χ4n) is 1.53. The van der Waals surface area contributed by atoms with Crippen molar-refractivity contribution in [1.29, 1.82) is 0 Å². The first-order valence-electron chi connectivity index (χ1n) is 4.85. The van der Waals surface area contributed by atoms with Crippen LogP contribution in [0.1, 0.15) is 0 Å². The monoisotopic (exact) mass is 212 g/mol. The number of aromatic nitrogens is 1. The van der Waals surface area contributed by atoms with Crippen molar-refractivity contribution in [2.24, 2.45) is 0 Å². The molecule has 0 atom stereocenters. The molecule has 0 fully saturated rings. The number of nitrogens with zero attached hydrogens (tertiary/aromatic N) is 1. The third kappa shape index (κ3) is 1.46. The summed E-state index contributed by atoms with van der Waals surface area (Å²) in [6.45, 7) is 0. The van der Waals surface area contributed by atoms with E-state index in [2.05, 4.69) is 11.1 Å². The Labute approximate surface area is 91.3 Å². The van der Waals surface area contributed by atoms with Crippen molar-refractivity contribution in [3.05, 3.63) is 54.3 Å². The molecular weight excluding hydrogens is 205 g/mol. The maximum atomic E-state index is 12.8. The van der Waals surface area contributed by atoms with Gasteiger partial charge in [0.1, 0.15) is 11.3 Å². The summed E-state index contributed by atoms with van der Waals surface area (Å²) in [5, 5.41) is 0. The van der Waals surface area contributed by atoms with Crippen LogP contribution in [0, 0.1) is 11.9 Å². The van der Waals surface area contributed by atoms with Gasteiger partial charge in [-0.15, -0.1) is 0 Å². The van der Waals surface area contributed by atoms with Gasteiger partial charge in [-0.05, 0) is 42.5 Å². The summed E-state index contributed by atoms with van der Waals surface area (Å²) in [6.07, 6.45) is 0. The van der Waals surface area contributed by atoms with Crippen molar-refractivity contribution >= 4 is 11.1 Å². The van der Waals surface area contributed by atoms with Crippen molar-refractivity contribution in [3.8, 4) is 11.5 Å². The number of hydrogen-bond acceptors (Lipinski definition) is 2. The smallest absolute Gasteiger partial charge is 0.227 e. The number of rotatable bonds is 1. The molecule has 3 aromatic rings. The zero-order valence-corrected chi connectivity index (χ0v) is 8.27. The molecule has 0 saturated carbocycles. The van der Waals surface area contributed by atoms with Gasteiger partial charge in [0.05, 0.1) is 0 Å². The molecule has 0 amide bonds. The van der Waals surface area contributed by atoms with Crippen molar-refractivity contribution in [3.63, 3.8) is 0 Å². The second-order valence-electron chi connectivity index (χ2n) is 3.42. The summed E-state index contributed by atoms with van der Waals surface area (Å²) < 4.78 is 18.3. The molecule has 0 aliphatic heterocycles. The lowest BCUT2D eigenvalue weighted by Crippen LogP contribution is -1.77. The van der Waals surface area contributed by atoms with Gasteiger partial charge in [-0.25, -0.2) is 9.37 Å². The minimum atomic E-state index is -0.270. The number of hydrogen-bond donors (Lipinski definition) is 0. The van der Waals surface area contributed by atoms with E-state index >= 15 is 0 Å². The van der Waals surface area contributed by atoms with E-state index in [1.54, 1.807) is 24.3 Å². The number of oxazole rings is 1. The first kappa shape index (κ1) is 9.09. The van der Waals surface area contributed by atoms with Gasteiger partial charge in [0.2, 0.25) is 5.89 Å². The molecule has 0 aliphatic carbocycles. The van der Waals surface area contributed by atoms with Crippen molar-refractivity contribution in [1.82, 2.24) is 4.98 Å². The Morgan fingerprint density at radius 2 is 1.94 bits per heavy atom. The highest BCUT2D eigenvalue weighted by Gasteiger charge is 2.07. The second-order valence-corrected chi connectivity index (χ2v) is 3.42. The molecule has 1 aromatic heterocycles. The average Bonchev–Trinajstić information content (AvgIpc) is 2.73. The summed E-state index contributed by atoms with van der Waals surface area (Å²) >= 11 is 0. The Morgan fingerprint density at radius 3 is 2.69 bits per heavy atom. The van der Waals surface area contributed by atoms with Crippen LogP contribution in [0.25, 0.3) is 22.6 Å². The van der Waals surface area contributed by atoms with Gasteiger partial charge < -0.3 is 4.42 Å². The summed E-state index contributed by atoms with van der Waals surface area (Å²) in [7, 11) is 0. The van der Waals surface area contributed by atoms with Gasteiger partial charge in [-0.2, -0.15) is 0 Å². The molecule has 0 aliphatic rings. The van der Waals surface area contributed by atoms with Crippen LogP contribution in [0.4, 0.5) is 4.39 Å². The first-order chi connectivity index (χ1) is 7.83. The minimum absolute atomic E-state index is 0.270. The standard InChI is InChI=1S/C13H7FNO/c14-10-7-5-9(6-8-10)13-15-11-3-1-2-4-12(11)16-13/h1,3-8H. The van der Waals surface area contributed by atoms with E-state index in [-0.39, 0.29) is 5.82 Å². The molecule has 0 saturated heterocycles. The van der Waals surface area contributed by atoms with E-state index in [1.807, 2.05) is 6.07 Å². The molecule has 1 heterocycles. The van der Waals surface area contributed by atoms with Crippen LogP contribution >= 0.6 is 0 Å². The van der Waals surface area contributed by atoms with Crippen LogP contribution < -0.4 is 0 Å². The van der Waals surface area contributed by atoms with Crippen molar-refractivity contribution in [2.75, 3.05) is 0 Å². The zero-order valence-electron chi connectivity index (χ0n) is 8.27. The SMILES string of the molecule is Fc1ccc(-c2nc3cc[c]cc3o2)cc1. The summed E-state index contributed by atoms with van der Waals surface area (Å²) in [5.74, 6) is 0.225. The van der Waals surface area contributed by atoms with Crippen LogP contribution in [-0.4, -0.2) is 4.98 Å². The Hall–Kier alpha value is -2.16. The highest BCUT2D eigenvalue weighted by molar-refractivity contribution is 5.75. The molecule has 3 heteroatoms. The predicted molar refractivity (Wildman–Crippen MR) is 58.2 cm³/mol. The highest BCUT2D eigenvalue weighted by atomic mass is 19.1. The van der Waals surface area contributed by atoms with E-state index in [4.69, 9.17) is 4.42 Å². The van der Waals surface area contributed by atoms with Gasteiger partial charge in [0, 0.05) is 5.56 Å². The summed E-state index contributed by atoms with van der Waals surface area (Å²) in [5.41, 5.74) is 2.22. The number of halogens is 1. The fourth-order valence-corrected chi connectivity index (χ4v) is 1.53. The van der Waals surface area contributed by atoms with Gasteiger partial charge in [-0.3, -0.25) is 0 Å². The van der Waals surface area contributed by atoms with Gasteiger partial charge in [-0.1, -0.05) is 6.07 Å². The molecule has 0 unspecified atom stereocenters. The molecule has 0 bridgehead atoms. The zero-order chi connectivity index (χ0) is 11.0. The van der Waals surface area contributed by atoms with Crippen LogP contribution in [0.15, 0.2) is 46.9 Å². The fraction of sp³-hybridized carbons (Fsp3) is 0. The molecule has 0 N–H and O–H groups in total. The van der Waals surface area contributed by atoms with Crippen molar-refractivity contribution in [2.45, 2.75) is 0 Å². The van der Waals surface area contributed by atoms with Gasteiger partial charge in [0.15, 0.2) is 5.58 Å².